The summed E-state index contributed by atoms with van der Waals surface area (Å²) >= 11 is 0. The molecule has 0 fully saturated rings. The van der Waals surface area contributed by atoms with Gasteiger partial charge in [0, 0.05) is 0 Å². The molecule has 0 bridgehead atoms. The summed E-state index contributed by atoms with van der Waals surface area (Å²) in [6.45, 7) is 5.60. The Morgan fingerprint density at radius 3 is 2.55 bits per heavy atom. The van der Waals surface area contributed by atoms with Crippen molar-refractivity contribution in [2.75, 3.05) is 0 Å². The maximum absolute atomic E-state index is 11.7. The van der Waals surface area contributed by atoms with Gasteiger partial charge in [-0.2, -0.15) is 4.79 Å². The fourth-order valence-electron chi connectivity index (χ4n) is 1.80. The lowest BCUT2D eigenvalue weighted by atomic mass is 10.1. The van der Waals surface area contributed by atoms with Crippen LogP contribution in [-0.4, -0.2) is 34.1 Å². The second-order valence-electron chi connectivity index (χ2n) is 4.94. The number of carbonyl (C=O) groups excluding carboxylic acids is 1. The van der Waals surface area contributed by atoms with E-state index in [2.05, 4.69) is 16.9 Å². The Hall–Kier alpha value is -1.97. The molecule has 0 aliphatic heterocycles. The molecule has 0 aliphatic carbocycles. The smallest absolute Gasteiger partial charge is 0.352 e. The van der Waals surface area contributed by atoms with Gasteiger partial charge in [-0.05, 0) is 39.2 Å². The molecule has 0 radical (unpaired) electrons. The summed E-state index contributed by atoms with van der Waals surface area (Å²) in [5.74, 6) is -0.464. The van der Waals surface area contributed by atoms with Gasteiger partial charge in [0.1, 0.15) is 0 Å². The molecule has 108 valence electrons. The molecule has 0 spiro atoms. The van der Waals surface area contributed by atoms with Crippen LogP contribution in [0.5, 0.6) is 0 Å². The summed E-state index contributed by atoms with van der Waals surface area (Å²) in [5.41, 5.74) is 9.66. The van der Waals surface area contributed by atoms with Gasteiger partial charge in [-0.25, -0.2) is 5.06 Å². The highest BCUT2D eigenvalue weighted by atomic mass is 16.7. The van der Waals surface area contributed by atoms with Crippen LogP contribution in [-0.2, 0) is 16.1 Å². The average Bonchev–Trinajstić information content (AvgIpc) is 2.43. The Balaban J connectivity index is 2.52. The van der Waals surface area contributed by atoms with Crippen LogP contribution < -0.4 is 0 Å². The molecule has 1 atom stereocenters. The van der Waals surface area contributed by atoms with E-state index in [1.54, 1.807) is 0 Å². The van der Waals surface area contributed by atoms with Crippen LogP contribution in [0.15, 0.2) is 30.3 Å². The van der Waals surface area contributed by atoms with Gasteiger partial charge in [0.05, 0.1) is 12.1 Å². The van der Waals surface area contributed by atoms with Crippen molar-refractivity contribution in [3.8, 4) is 0 Å². The number of carbonyl (C=O) groups is 1. The molecule has 1 aromatic rings. The van der Waals surface area contributed by atoms with E-state index in [1.807, 2.05) is 39.0 Å². The predicted molar refractivity (Wildman–Crippen MR) is 77.0 cm³/mol. The van der Waals surface area contributed by atoms with Gasteiger partial charge in [0.2, 0.25) is 0 Å². The SMILES string of the molecule is CC(CCc1ccccc1)ON(C(=O)C=[N+]=[N-])C(C)C. The number of nitrogens with zero attached hydrogens (tertiary/aromatic N) is 3. The normalized spacial score (nSPS) is 11.8. The zero-order chi connectivity index (χ0) is 15.0. The lowest BCUT2D eigenvalue weighted by Gasteiger charge is -2.26. The number of hydroxylamine groups is 2. The van der Waals surface area contributed by atoms with E-state index in [1.165, 1.54) is 10.6 Å². The van der Waals surface area contributed by atoms with Crippen molar-refractivity contribution in [3.05, 3.63) is 41.4 Å². The highest BCUT2D eigenvalue weighted by Gasteiger charge is 2.21. The van der Waals surface area contributed by atoms with Crippen LogP contribution in [0.3, 0.4) is 0 Å². The lowest BCUT2D eigenvalue weighted by molar-refractivity contribution is -0.210. The van der Waals surface area contributed by atoms with Gasteiger partial charge in [0.25, 0.3) is 0 Å². The van der Waals surface area contributed by atoms with Crippen molar-refractivity contribution < 1.29 is 14.4 Å². The summed E-state index contributed by atoms with van der Waals surface area (Å²) in [4.78, 5) is 20.1. The van der Waals surface area contributed by atoms with E-state index in [-0.39, 0.29) is 12.1 Å². The Labute approximate surface area is 119 Å². The van der Waals surface area contributed by atoms with Crippen molar-refractivity contribution in [1.82, 2.24) is 5.06 Å². The standard InChI is InChI=1S/C15H21N3O2/c1-12(2)18(15(19)11-17-16)20-13(3)9-10-14-7-5-4-6-8-14/h4-8,11-13H,9-10H2,1-3H3. The first-order valence-electron chi connectivity index (χ1n) is 6.76. The van der Waals surface area contributed by atoms with Crippen molar-refractivity contribution in [1.29, 1.82) is 0 Å². The summed E-state index contributed by atoms with van der Waals surface area (Å²) in [5, 5.41) is 1.23. The number of benzene rings is 1. The fourth-order valence-corrected chi connectivity index (χ4v) is 1.80. The molecule has 0 saturated carbocycles. The van der Waals surface area contributed by atoms with Gasteiger partial charge in [-0.15, -0.1) is 0 Å². The minimum atomic E-state index is -0.464. The molecule has 1 aromatic carbocycles. The number of hydrogen-bond donors (Lipinski definition) is 0. The predicted octanol–water partition coefficient (Wildman–Crippen LogP) is 2.48. The summed E-state index contributed by atoms with van der Waals surface area (Å²) in [6.07, 6.45) is 2.42. The van der Waals surface area contributed by atoms with Crippen LogP contribution in [0, 0.1) is 0 Å². The summed E-state index contributed by atoms with van der Waals surface area (Å²) < 4.78 is 0. The largest absolute Gasteiger partial charge is 0.361 e. The third kappa shape index (κ3) is 5.34. The third-order valence-electron chi connectivity index (χ3n) is 2.83. The minimum absolute atomic E-state index is 0.103. The highest BCUT2D eigenvalue weighted by molar-refractivity contribution is 6.23. The fraction of sp³-hybridized carbons (Fsp3) is 0.467. The van der Waals surface area contributed by atoms with E-state index in [0.717, 1.165) is 19.1 Å². The first kappa shape index (κ1) is 16.1. The molecule has 1 unspecified atom stereocenters. The van der Waals surface area contributed by atoms with Crippen LogP contribution in [0.2, 0.25) is 0 Å². The van der Waals surface area contributed by atoms with Crippen molar-refractivity contribution in [3.63, 3.8) is 0 Å². The van der Waals surface area contributed by atoms with Gasteiger partial charge in [-0.1, -0.05) is 30.3 Å². The number of hydrogen-bond acceptors (Lipinski definition) is 2. The molecule has 0 aromatic heterocycles. The topological polar surface area (TPSA) is 65.9 Å². The maximum atomic E-state index is 11.7. The molecule has 20 heavy (non-hydrogen) atoms. The molecule has 0 heterocycles. The quantitative estimate of drug-likeness (QED) is 0.332. The second kappa shape index (κ2) is 8.25. The molecule has 1 amide bonds. The first-order chi connectivity index (χ1) is 9.54. The van der Waals surface area contributed by atoms with Crippen molar-refractivity contribution in [2.45, 2.75) is 45.8 Å². The van der Waals surface area contributed by atoms with E-state index < -0.39 is 5.91 Å². The summed E-state index contributed by atoms with van der Waals surface area (Å²) in [6, 6.07) is 9.99. The average molecular weight is 275 g/mol. The van der Waals surface area contributed by atoms with Crippen LogP contribution in [0.25, 0.3) is 5.53 Å². The Morgan fingerprint density at radius 2 is 2.00 bits per heavy atom. The molecule has 0 saturated heterocycles. The molecule has 5 heteroatoms. The van der Waals surface area contributed by atoms with Crippen molar-refractivity contribution in [2.24, 2.45) is 0 Å². The molecule has 5 nitrogen and oxygen atoms in total. The summed E-state index contributed by atoms with van der Waals surface area (Å²) in [7, 11) is 0. The van der Waals surface area contributed by atoms with E-state index in [0.29, 0.717) is 0 Å². The molecular formula is C15H21N3O2. The molecular weight excluding hydrogens is 254 g/mol. The number of amides is 1. The Bertz CT molecular complexity index is 467. The van der Waals surface area contributed by atoms with E-state index >= 15 is 0 Å². The number of aryl methyl sites for hydroxylation is 1. The number of rotatable bonds is 7. The molecule has 1 rings (SSSR count). The van der Waals surface area contributed by atoms with E-state index in [4.69, 9.17) is 10.4 Å². The second-order valence-corrected chi connectivity index (χ2v) is 4.94. The van der Waals surface area contributed by atoms with Gasteiger partial charge < -0.3 is 5.53 Å². The highest BCUT2D eigenvalue weighted by Crippen LogP contribution is 2.10. The molecule has 0 aliphatic rings. The van der Waals surface area contributed by atoms with Gasteiger partial charge in [0.15, 0.2) is 0 Å². The zero-order valence-electron chi connectivity index (χ0n) is 12.2. The monoisotopic (exact) mass is 275 g/mol. The van der Waals surface area contributed by atoms with Crippen LogP contribution in [0.4, 0.5) is 0 Å². The van der Waals surface area contributed by atoms with Crippen molar-refractivity contribution >= 4 is 12.1 Å². The van der Waals surface area contributed by atoms with Gasteiger partial charge >= 0.3 is 12.1 Å². The van der Waals surface area contributed by atoms with Crippen LogP contribution in [0.1, 0.15) is 32.8 Å². The third-order valence-corrected chi connectivity index (χ3v) is 2.83. The molecule has 0 N–H and O–H groups in total. The lowest BCUT2D eigenvalue weighted by Crippen LogP contribution is -2.40. The maximum Gasteiger partial charge on any atom is 0.352 e. The Morgan fingerprint density at radius 1 is 1.35 bits per heavy atom. The van der Waals surface area contributed by atoms with E-state index in [9.17, 15) is 4.79 Å². The van der Waals surface area contributed by atoms with Crippen LogP contribution >= 0.6 is 0 Å². The Kier molecular flexibility index (Phi) is 6.64. The van der Waals surface area contributed by atoms with Gasteiger partial charge in [-0.3, -0.25) is 9.63 Å². The minimum Gasteiger partial charge on any atom is -0.361 e. The first-order valence-corrected chi connectivity index (χ1v) is 6.76. The zero-order valence-corrected chi connectivity index (χ0v) is 12.2.